The number of thioether (sulfide) groups is 1. The first-order valence-corrected chi connectivity index (χ1v) is 13.9. The Morgan fingerprint density at radius 3 is 2.25 bits per heavy atom. The lowest BCUT2D eigenvalue weighted by atomic mass is 10.0. The van der Waals surface area contributed by atoms with E-state index in [1.807, 2.05) is 11.8 Å². The van der Waals surface area contributed by atoms with Crippen molar-refractivity contribution < 1.29 is 23.7 Å². The van der Waals surface area contributed by atoms with Gasteiger partial charge in [0.15, 0.2) is 0 Å². The molecule has 4 N–H and O–H groups in total. The summed E-state index contributed by atoms with van der Waals surface area (Å²) in [7, 11) is 0. The average Bonchev–Trinajstić information content (AvgIpc) is 3.42. The Labute approximate surface area is 220 Å². The van der Waals surface area contributed by atoms with Crippen molar-refractivity contribution >= 4 is 17.8 Å². The van der Waals surface area contributed by atoms with Gasteiger partial charge in [-0.3, -0.25) is 0 Å². The molecular formula is C26H44N4O5S. The number of carbonyl (C=O) groups excluding carboxylic acids is 1. The van der Waals surface area contributed by atoms with Gasteiger partial charge in [-0.05, 0) is 19.3 Å². The van der Waals surface area contributed by atoms with Crippen molar-refractivity contribution in [3.8, 4) is 12.3 Å². The maximum absolute atomic E-state index is 11.4. The van der Waals surface area contributed by atoms with Crippen LogP contribution in [0.25, 0.3) is 0 Å². The van der Waals surface area contributed by atoms with Gasteiger partial charge in [0, 0.05) is 35.4 Å². The highest BCUT2D eigenvalue weighted by atomic mass is 32.2. The first kappa shape index (κ1) is 30.3. The van der Waals surface area contributed by atoms with Crippen LogP contribution in [0.5, 0.6) is 0 Å². The SMILES string of the molecule is C#CCNC(=C)CCOCCOCCOCCOCCNC(=C)CCCC[C@@H]1SCC2NC(=O)NC21. The molecule has 10 heteroatoms. The standard InChI is InChI=1S/C26H44N4O5S/c1-4-10-27-22(3)9-12-32-14-16-34-18-19-35-17-15-33-13-11-28-21(2)7-5-6-8-24-25-23(20-36-24)29-26(31)30-25/h1,23-25,27-28H,2-3,5-20H2,(H2,29,30,31)/t23?,24-,25?/m0/s1. The third-order valence-corrected chi connectivity index (χ3v) is 7.39. The minimum absolute atomic E-state index is 0.0161. The van der Waals surface area contributed by atoms with E-state index in [4.69, 9.17) is 25.4 Å². The molecule has 2 fully saturated rings. The smallest absolute Gasteiger partial charge is 0.315 e. The van der Waals surface area contributed by atoms with Crippen LogP contribution in [0.15, 0.2) is 24.6 Å². The number of rotatable bonds is 23. The molecule has 2 amide bonds. The number of hydrogen-bond donors (Lipinski definition) is 4. The number of allylic oxidation sites excluding steroid dienone is 1. The molecule has 2 aliphatic rings. The first-order chi connectivity index (χ1) is 17.6. The lowest BCUT2D eigenvalue weighted by Gasteiger charge is -2.16. The monoisotopic (exact) mass is 524 g/mol. The summed E-state index contributed by atoms with van der Waals surface area (Å²) in [6, 6.07) is 0.581. The van der Waals surface area contributed by atoms with Crippen molar-refractivity contribution in [1.29, 1.82) is 0 Å². The molecule has 2 aliphatic heterocycles. The summed E-state index contributed by atoms with van der Waals surface area (Å²) in [5.74, 6) is 3.52. The van der Waals surface area contributed by atoms with E-state index in [-0.39, 0.29) is 6.03 Å². The highest BCUT2D eigenvalue weighted by molar-refractivity contribution is 8.00. The zero-order valence-corrected chi connectivity index (χ0v) is 22.3. The molecule has 2 unspecified atom stereocenters. The zero-order chi connectivity index (χ0) is 25.8. The number of fused-ring (bicyclic) bond motifs is 1. The van der Waals surface area contributed by atoms with Crippen LogP contribution in [0.2, 0.25) is 0 Å². The Kier molecular flexibility index (Phi) is 16.2. The summed E-state index contributed by atoms with van der Waals surface area (Å²) in [4.78, 5) is 11.4. The Hall–Kier alpha value is -1.90. The van der Waals surface area contributed by atoms with Gasteiger partial charge >= 0.3 is 6.03 Å². The molecule has 0 aromatic heterocycles. The van der Waals surface area contributed by atoms with Crippen molar-refractivity contribution in [2.45, 2.75) is 49.4 Å². The van der Waals surface area contributed by atoms with Crippen molar-refractivity contribution in [1.82, 2.24) is 21.3 Å². The van der Waals surface area contributed by atoms with Crippen LogP contribution in [0.4, 0.5) is 4.79 Å². The summed E-state index contributed by atoms with van der Waals surface area (Å²) >= 11 is 1.97. The summed E-state index contributed by atoms with van der Waals surface area (Å²) < 4.78 is 22.0. The molecule has 204 valence electrons. The Balaban J connectivity index is 1.26. The second-order valence-electron chi connectivity index (χ2n) is 8.76. The Bertz CT molecular complexity index is 702. The fourth-order valence-corrected chi connectivity index (χ4v) is 5.48. The van der Waals surface area contributed by atoms with Crippen molar-refractivity contribution in [2.75, 3.05) is 71.7 Å². The second kappa shape index (κ2) is 19.2. The van der Waals surface area contributed by atoms with Crippen molar-refractivity contribution in [2.24, 2.45) is 0 Å². The van der Waals surface area contributed by atoms with Gasteiger partial charge in [-0.1, -0.05) is 25.5 Å². The van der Waals surface area contributed by atoms with Gasteiger partial charge in [-0.25, -0.2) is 4.79 Å². The van der Waals surface area contributed by atoms with Crippen LogP contribution in [0.3, 0.4) is 0 Å². The third kappa shape index (κ3) is 13.4. The molecule has 0 aromatic carbocycles. The molecule has 0 spiro atoms. The highest BCUT2D eigenvalue weighted by Gasteiger charge is 2.42. The number of carbonyl (C=O) groups is 1. The molecule has 2 heterocycles. The lowest BCUT2D eigenvalue weighted by Crippen LogP contribution is -2.36. The summed E-state index contributed by atoms with van der Waals surface area (Å²) in [5.41, 5.74) is 1.93. The molecule has 0 saturated carbocycles. The minimum atomic E-state index is -0.0161. The predicted octanol–water partition coefficient (Wildman–Crippen LogP) is 2.01. The molecule has 0 radical (unpaired) electrons. The Morgan fingerprint density at radius 1 is 0.917 bits per heavy atom. The fraction of sp³-hybridized carbons (Fsp3) is 0.731. The zero-order valence-electron chi connectivity index (χ0n) is 21.5. The van der Waals surface area contributed by atoms with E-state index in [9.17, 15) is 4.79 Å². The van der Waals surface area contributed by atoms with Gasteiger partial charge in [0.1, 0.15) is 0 Å². The van der Waals surface area contributed by atoms with E-state index in [2.05, 4.69) is 40.3 Å². The molecule has 0 bridgehead atoms. The fourth-order valence-electron chi connectivity index (χ4n) is 3.94. The minimum Gasteiger partial charge on any atom is -0.387 e. The molecular weight excluding hydrogens is 480 g/mol. The van der Waals surface area contributed by atoms with Gasteiger partial charge in [-0.2, -0.15) is 11.8 Å². The normalized spacial score (nSPS) is 20.3. The van der Waals surface area contributed by atoms with E-state index < -0.39 is 0 Å². The average molecular weight is 525 g/mol. The second-order valence-corrected chi connectivity index (χ2v) is 10.0. The number of ether oxygens (including phenoxy) is 4. The van der Waals surface area contributed by atoms with Gasteiger partial charge in [0.2, 0.25) is 0 Å². The van der Waals surface area contributed by atoms with E-state index in [1.54, 1.807) is 0 Å². The number of terminal acetylenes is 1. The van der Waals surface area contributed by atoms with Gasteiger partial charge in [0.25, 0.3) is 0 Å². The molecule has 0 aromatic rings. The maximum Gasteiger partial charge on any atom is 0.315 e. The molecule has 9 nitrogen and oxygen atoms in total. The topological polar surface area (TPSA) is 102 Å². The van der Waals surface area contributed by atoms with Crippen molar-refractivity contribution in [3.63, 3.8) is 0 Å². The van der Waals surface area contributed by atoms with Gasteiger partial charge < -0.3 is 40.2 Å². The number of hydrogen-bond acceptors (Lipinski definition) is 8. The first-order valence-electron chi connectivity index (χ1n) is 12.9. The molecule has 0 aliphatic carbocycles. The van der Waals surface area contributed by atoms with Crippen LogP contribution in [-0.4, -0.2) is 95.1 Å². The highest BCUT2D eigenvalue weighted by Crippen LogP contribution is 2.33. The van der Waals surface area contributed by atoms with E-state index in [0.29, 0.717) is 76.7 Å². The maximum atomic E-state index is 11.4. The summed E-state index contributed by atoms with van der Waals surface area (Å²) in [6.07, 6.45) is 10.2. The number of amides is 2. The quantitative estimate of drug-likeness (QED) is 0.0915. The third-order valence-electron chi connectivity index (χ3n) is 5.88. The van der Waals surface area contributed by atoms with E-state index in [0.717, 1.165) is 55.8 Å². The number of nitrogens with one attached hydrogen (secondary N) is 4. The lowest BCUT2D eigenvalue weighted by molar-refractivity contribution is -0.00107. The molecule has 36 heavy (non-hydrogen) atoms. The van der Waals surface area contributed by atoms with Crippen LogP contribution >= 0.6 is 11.8 Å². The number of unbranched alkanes of at least 4 members (excludes halogenated alkanes) is 1. The summed E-state index contributed by atoms with van der Waals surface area (Å²) in [6.45, 7) is 13.7. The van der Waals surface area contributed by atoms with Crippen LogP contribution < -0.4 is 21.3 Å². The number of urea groups is 1. The van der Waals surface area contributed by atoms with E-state index >= 15 is 0 Å². The molecule has 3 atom stereocenters. The van der Waals surface area contributed by atoms with Crippen LogP contribution in [0, 0.1) is 12.3 Å². The van der Waals surface area contributed by atoms with Gasteiger partial charge in [-0.15, -0.1) is 6.42 Å². The Morgan fingerprint density at radius 2 is 1.56 bits per heavy atom. The largest absolute Gasteiger partial charge is 0.387 e. The van der Waals surface area contributed by atoms with E-state index in [1.165, 1.54) is 0 Å². The summed E-state index contributed by atoms with van der Waals surface area (Å²) in [5, 5.41) is 12.9. The van der Waals surface area contributed by atoms with Crippen molar-refractivity contribution in [3.05, 3.63) is 24.6 Å². The van der Waals surface area contributed by atoms with Gasteiger partial charge in [0.05, 0.1) is 71.5 Å². The molecule has 2 saturated heterocycles. The molecule has 2 rings (SSSR count). The predicted molar refractivity (Wildman–Crippen MR) is 145 cm³/mol. The van der Waals surface area contributed by atoms with Crippen LogP contribution in [-0.2, 0) is 18.9 Å². The van der Waals surface area contributed by atoms with Crippen LogP contribution in [0.1, 0.15) is 32.1 Å².